The molecule has 2 heterocycles. The molecule has 0 radical (unpaired) electrons. The highest BCUT2D eigenvalue weighted by Gasteiger charge is 2.17. The number of rotatable bonds is 3. The molecule has 0 unspecified atom stereocenters. The molecule has 1 aromatic heterocycles. The van der Waals surface area contributed by atoms with Crippen LogP contribution in [0.15, 0.2) is 29.6 Å². The van der Waals surface area contributed by atoms with Crippen LogP contribution in [-0.2, 0) is 6.54 Å². The van der Waals surface area contributed by atoms with Crippen molar-refractivity contribution in [3.63, 3.8) is 0 Å². The minimum Gasteiger partial charge on any atom is -0.299 e. The van der Waals surface area contributed by atoms with E-state index in [0.717, 1.165) is 23.0 Å². The summed E-state index contributed by atoms with van der Waals surface area (Å²) in [7, 11) is 0. The fourth-order valence-electron chi connectivity index (χ4n) is 2.90. The molecule has 1 saturated heterocycles. The zero-order valence-corrected chi connectivity index (χ0v) is 13.0. The highest BCUT2D eigenvalue weighted by atomic mass is 32.2. The molecule has 1 aliphatic rings. The van der Waals surface area contributed by atoms with Crippen molar-refractivity contribution in [3.05, 3.63) is 30.1 Å². The van der Waals surface area contributed by atoms with Crippen LogP contribution >= 0.6 is 11.8 Å². The van der Waals surface area contributed by atoms with Gasteiger partial charge in [0.25, 0.3) is 0 Å². The van der Waals surface area contributed by atoms with Gasteiger partial charge in [0.2, 0.25) is 0 Å². The summed E-state index contributed by atoms with van der Waals surface area (Å²) < 4.78 is 0. The third kappa shape index (κ3) is 2.81. The Morgan fingerprint density at radius 3 is 2.80 bits per heavy atom. The van der Waals surface area contributed by atoms with Crippen LogP contribution in [0.4, 0.5) is 0 Å². The smallest absolute Gasteiger partial charge is 0.117 e. The zero-order valence-electron chi connectivity index (χ0n) is 12.2. The Hall–Kier alpha value is -1.13. The lowest BCUT2D eigenvalue weighted by Crippen LogP contribution is -2.32. The van der Waals surface area contributed by atoms with Gasteiger partial charge in [-0.2, -0.15) is 0 Å². The first-order chi connectivity index (χ1) is 9.78. The van der Waals surface area contributed by atoms with E-state index >= 15 is 0 Å². The minimum atomic E-state index is 0.879. The summed E-state index contributed by atoms with van der Waals surface area (Å²) in [6.07, 6.45) is 6.38. The standard InChI is InChI=1S/C16H21N3S/c1-12-6-8-19(9-7-12)10-13-4-3-5-14-15(13)16(20-2)18-11-17-14/h3-5,11-12H,6-10H2,1-2H3. The normalized spacial score (nSPS) is 17.7. The Balaban J connectivity index is 1.91. The van der Waals surface area contributed by atoms with Crippen molar-refractivity contribution >= 4 is 22.7 Å². The molecule has 106 valence electrons. The number of piperidine rings is 1. The molecule has 0 saturated carbocycles. The second-order valence-electron chi connectivity index (χ2n) is 5.65. The molecule has 20 heavy (non-hydrogen) atoms. The van der Waals surface area contributed by atoms with Gasteiger partial charge in [0, 0.05) is 11.9 Å². The number of likely N-dealkylation sites (tertiary alicyclic amines) is 1. The van der Waals surface area contributed by atoms with Crippen LogP contribution in [-0.4, -0.2) is 34.2 Å². The summed E-state index contributed by atoms with van der Waals surface area (Å²) in [5, 5.41) is 2.33. The first-order valence-corrected chi connectivity index (χ1v) is 8.49. The van der Waals surface area contributed by atoms with Gasteiger partial charge >= 0.3 is 0 Å². The maximum absolute atomic E-state index is 4.42. The van der Waals surface area contributed by atoms with Crippen molar-refractivity contribution in [3.8, 4) is 0 Å². The Morgan fingerprint density at radius 1 is 1.25 bits per heavy atom. The second kappa shape index (κ2) is 6.10. The van der Waals surface area contributed by atoms with Gasteiger partial charge in [-0.15, -0.1) is 11.8 Å². The molecule has 0 spiro atoms. The van der Waals surface area contributed by atoms with Gasteiger partial charge in [0.1, 0.15) is 11.4 Å². The van der Waals surface area contributed by atoms with Gasteiger partial charge in [-0.25, -0.2) is 9.97 Å². The van der Waals surface area contributed by atoms with E-state index in [9.17, 15) is 0 Å². The second-order valence-corrected chi connectivity index (χ2v) is 6.45. The predicted octanol–water partition coefficient (Wildman–Crippen LogP) is 3.58. The summed E-state index contributed by atoms with van der Waals surface area (Å²) in [5.74, 6) is 0.879. The molecule has 3 rings (SSSR count). The summed E-state index contributed by atoms with van der Waals surface area (Å²) >= 11 is 1.71. The average Bonchev–Trinajstić information content (AvgIpc) is 2.49. The molecular weight excluding hydrogens is 266 g/mol. The van der Waals surface area contributed by atoms with Crippen LogP contribution in [0.3, 0.4) is 0 Å². The monoisotopic (exact) mass is 287 g/mol. The van der Waals surface area contributed by atoms with Gasteiger partial charge in [0.05, 0.1) is 5.52 Å². The van der Waals surface area contributed by atoms with E-state index in [1.807, 2.05) is 0 Å². The van der Waals surface area contributed by atoms with Crippen molar-refractivity contribution in [2.24, 2.45) is 5.92 Å². The van der Waals surface area contributed by atoms with Crippen molar-refractivity contribution in [1.82, 2.24) is 14.9 Å². The fraction of sp³-hybridized carbons (Fsp3) is 0.500. The molecule has 2 aromatic rings. The van der Waals surface area contributed by atoms with Crippen LogP contribution in [0.2, 0.25) is 0 Å². The first-order valence-electron chi connectivity index (χ1n) is 7.27. The topological polar surface area (TPSA) is 29.0 Å². The Morgan fingerprint density at radius 2 is 2.05 bits per heavy atom. The largest absolute Gasteiger partial charge is 0.299 e. The molecule has 0 atom stereocenters. The van der Waals surface area contributed by atoms with E-state index < -0.39 is 0 Å². The van der Waals surface area contributed by atoms with E-state index in [1.54, 1.807) is 18.1 Å². The Kier molecular flexibility index (Phi) is 4.22. The molecule has 1 aromatic carbocycles. The van der Waals surface area contributed by atoms with Crippen molar-refractivity contribution < 1.29 is 0 Å². The molecule has 4 heteroatoms. The van der Waals surface area contributed by atoms with Crippen LogP contribution in [0.5, 0.6) is 0 Å². The number of hydrogen-bond acceptors (Lipinski definition) is 4. The minimum absolute atomic E-state index is 0.879. The number of aromatic nitrogens is 2. The third-order valence-corrected chi connectivity index (χ3v) is 4.87. The van der Waals surface area contributed by atoms with Gasteiger partial charge in [-0.3, -0.25) is 4.90 Å². The van der Waals surface area contributed by atoms with Gasteiger partial charge in [0.15, 0.2) is 0 Å². The molecule has 1 aliphatic heterocycles. The van der Waals surface area contributed by atoms with Crippen LogP contribution in [0.25, 0.3) is 10.9 Å². The third-order valence-electron chi connectivity index (χ3n) is 4.18. The number of thioether (sulfide) groups is 1. The highest BCUT2D eigenvalue weighted by molar-refractivity contribution is 7.98. The first kappa shape index (κ1) is 13.8. The number of benzene rings is 1. The highest BCUT2D eigenvalue weighted by Crippen LogP contribution is 2.28. The van der Waals surface area contributed by atoms with Crippen molar-refractivity contribution in [2.45, 2.75) is 31.3 Å². The van der Waals surface area contributed by atoms with Gasteiger partial charge in [-0.05, 0) is 49.7 Å². The number of hydrogen-bond donors (Lipinski definition) is 0. The number of nitrogens with zero attached hydrogens (tertiary/aromatic N) is 3. The summed E-state index contributed by atoms with van der Waals surface area (Å²) in [5.41, 5.74) is 2.43. The van der Waals surface area contributed by atoms with E-state index in [2.05, 4.69) is 46.2 Å². The lowest BCUT2D eigenvalue weighted by Gasteiger charge is -2.30. The average molecular weight is 287 g/mol. The number of fused-ring (bicyclic) bond motifs is 1. The molecular formula is C16H21N3S. The maximum Gasteiger partial charge on any atom is 0.117 e. The predicted molar refractivity (Wildman–Crippen MR) is 85.0 cm³/mol. The lowest BCUT2D eigenvalue weighted by atomic mass is 9.98. The van der Waals surface area contributed by atoms with E-state index in [-0.39, 0.29) is 0 Å². The lowest BCUT2D eigenvalue weighted by molar-refractivity contribution is 0.186. The fourth-order valence-corrected chi connectivity index (χ4v) is 3.49. The quantitative estimate of drug-likeness (QED) is 0.637. The van der Waals surface area contributed by atoms with E-state index in [0.29, 0.717) is 0 Å². The summed E-state index contributed by atoms with van der Waals surface area (Å²) in [6.45, 7) is 5.79. The summed E-state index contributed by atoms with van der Waals surface area (Å²) in [6, 6.07) is 6.42. The van der Waals surface area contributed by atoms with Crippen molar-refractivity contribution in [1.29, 1.82) is 0 Å². The molecule has 0 amide bonds. The summed E-state index contributed by atoms with van der Waals surface area (Å²) in [4.78, 5) is 11.4. The molecule has 3 nitrogen and oxygen atoms in total. The molecule has 0 bridgehead atoms. The van der Waals surface area contributed by atoms with Gasteiger partial charge in [-0.1, -0.05) is 19.1 Å². The molecule has 1 fully saturated rings. The van der Waals surface area contributed by atoms with E-state index in [4.69, 9.17) is 0 Å². The molecule has 0 aliphatic carbocycles. The zero-order chi connectivity index (χ0) is 13.9. The van der Waals surface area contributed by atoms with E-state index in [1.165, 1.54) is 36.9 Å². The Labute approximate surface area is 124 Å². The van der Waals surface area contributed by atoms with Crippen LogP contribution in [0.1, 0.15) is 25.3 Å². The van der Waals surface area contributed by atoms with Crippen LogP contribution < -0.4 is 0 Å². The van der Waals surface area contributed by atoms with Gasteiger partial charge < -0.3 is 0 Å². The maximum atomic E-state index is 4.42. The van der Waals surface area contributed by atoms with Crippen LogP contribution in [0, 0.1) is 5.92 Å². The van der Waals surface area contributed by atoms with Crippen molar-refractivity contribution in [2.75, 3.05) is 19.3 Å². The Bertz CT molecular complexity index is 586. The molecule has 0 N–H and O–H groups in total. The SMILES string of the molecule is CSc1ncnc2cccc(CN3CCC(C)CC3)c12.